The Morgan fingerprint density at radius 1 is 0.845 bits per heavy atom. The highest BCUT2D eigenvalue weighted by atomic mass is 19.1. The van der Waals surface area contributed by atoms with Crippen molar-refractivity contribution in [3.8, 4) is 22.6 Å². The maximum Gasteiger partial charge on any atom is 0.355 e. The summed E-state index contributed by atoms with van der Waals surface area (Å²) in [6.07, 6.45) is 0.844. The Bertz CT molecular complexity index is 3170. The van der Waals surface area contributed by atoms with Crippen molar-refractivity contribution >= 4 is 57.2 Å². The number of piperidine rings is 1. The summed E-state index contributed by atoms with van der Waals surface area (Å²) in [7, 11) is 1.80. The fourth-order valence-corrected chi connectivity index (χ4v) is 9.98. The lowest BCUT2D eigenvalue weighted by molar-refractivity contribution is -0.136. The number of hydrogen-bond donors (Lipinski definition) is 1. The van der Waals surface area contributed by atoms with E-state index >= 15 is 4.39 Å². The van der Waals surface area contributed by atoms with Crippen LogP contribution in [0.2, 0.25) is 0 Å². The lowest BCUT2D eigenvalue weighted by Gasteiger charge is -2.35. The SMILES string of the molecule is Cc1nn(C)c(C)c1-c1c(F)ccc2c(CCCOc3cccc4cc(F)ccc34)c(C(=O)OC(C)(C)C)n(CCN3CCN(C(=O)COc4cccc5c4C(=O)N(C4CCC(=O)NC4=O)C5=O)CC3)c12.[HH]. The molecule has 3 aliphatic rings. The number of nitrogens with zero attached hydrogens (tertiary/aromatic N) is 6. The third kappa shape index (κ3) is 9.47. The Hall–Kier alpha value is -7.47. The number of esters is 1. The number of piperazine rings is 1. The Morgan fingerprint density at radius 2 is 1.58 bits per heavy atom. The maximum atomic E-state index is 16.6. The Morgan fingerprint density at radius 3 is 2.30 bits per heavy atom. The minimum absolute atomic E-state index is 0. The average molecular weight is 974 g/mol. The molecule has 5 heterocycles. The number of carbonyl (C=O) groups excluding carboxylic acids is 6. The van der Waals surface area contributed by atoms with Gasteiger partial charge in [-0.3, -0.25) is 43.8 Å². The van der Waals surface area contributed by atoms with Gasteiger partial charge in [0.2, 0.25) is 11.8 Å². The number of ether oxygens (including phenoxy) is 3. The van der Waals surface area contributed by atoms with Gasteiger partial charge in [0.05, 0.1) is 28.9 Å². The predicted octanol–water partition coefficient (Wildman–Crippen LogP) is 6.93. The number of rotatable bonds is 14. The molecular formula is C53H57F2N7O9. The molecule has 0 bridgehead atoms. The van der Waals surface area contributed by atoms with E-state index in [1.807, 2.05) is 36.6 Å². The number of aryl methyl sites for hydroxylation is 3. The molecule has 3 aliphatic heterocycles. The Kier molecular flexibility index (Phi) is 13.3. The van der Waals surface area contributed by atoms with Crippen LogP contribution in [0.3, 0.4) is 0 Å². The molecule has 9 rings (SSSR count). The summed E-state index contributed by atoms with van der Waals surface area (Å²) >= 11 is 0. The number of carbonyl (C=O) groups is 6. The molecule has 2 saturated heterocycles. The number of hydrogen-bond acceptors (Lipinski definition) is 11. The van der Waals surface area contributed by atoms with Crippen molar-refractivity contribution in [1.82, 2.24) is 34.4 Å². The standard InChI is InChI=1S/C53H55F2N7O9.H2/c1-30-44(31(2)58(6)57-30)46-38(55)18-17-36-35(12-9-27-69-40-13-7-10-32-28-33(54)15-16-34(32)40)48(52(68)71-53(3,4)5)61(47(36)46)26-23-59-21-24-60(25-22-59)43(64)29-70-41-14-8-11-37-45(41)51(67)62(50(37)66)39-19-20-42(63)56-49(39)65;/h7-8,10-11,13-18,28,39H,9,12,19-27,29H2,1-6H3,(H,56,63,65);1H. The topological polar surface area (TPSA) is 175 Å². The number of fused-ring (bicyclic) bond motifs is 3. The van der Waals surface area contributed by atoms with Gasteiger partial charge in [-0.1, -0.05) is 18.2 Å². The summed E-state index contributed by atoms with van der Waals surface area (Å²) in [5, 5.41) is 8.98. The molecule has 0 spiro atoms. The third-order valence-corrected chi connectivity index (χ3v) is 13.4. The molecule has 18 heteroatoms. The van der Waals surface area contributed by atoms with Gasteiger partial charge in [0, 0.05) is 81.8 Å². The molecule has 1 N–H and O–H groups in total. The first-order valence-electron chi connectivity index (χ1n) is 23.8. The van der Waals surface area contributed by atoms with Crippen LogP contribution in [0, 0.1) is 25.5 Å². The number of amides is 5. The summed E-state index contributed by atoms with van der Waals surface area (Å²) in [5.41, 5.74) is 3.01. The van der Waals surface area contributed by atoms with E-state index in [2.05, 4.69) is 15.3 Å². The van der Waals surface area contributed by atoms with Gasteiger partial charge in [-0.25, -0.2) is 13.6 Å². The Labute approximate surface area is 409 Å². The second-order valence-electron chi connectivity index (χ2n) is 19.2. The van der Waals surface area contributed by atoms with Gasteiger partial charge in [-0.15, -0.1) is 0 Å². The van der Waals surface area contributed by atoms with Crippen LogP contribution in [0.5, 0.6) is 11.5 Å². The van der Waals surface area contributed by atoms with Crippen LogP contribution in [-0.2, 0) is 39.1 Å². The summed E-state index contributed by atoms with van der Waals surface area (Å²) in [6.45, 7) is 11.3. The van der Waals surface area contributed by atoms with Crippen molar-refractivity contribution in [3.63, 3.8) is 0 Å². The lowest BCUT2D eigenvalue weighted by atomic mass is 9.98. The largest absolute Gasteiger partial charge is 0.493 e. The summed E-state index contributed by atoms with van der Waals surface area (Å²) in [5.74, 6) is -3.69. The molecule has 2 fully saturated rings. The first kappa shape index (κ1) is 48.5. The molecule has 0 aliphatic carbocycles. The zero-order chi connectivity index (χ0) is 50.5. The van der Waals surface area contributed by atoms with E-state index in [1.165, 1.54) is 36.4 Å². The monoisotopic (exact) mass is 973 g/mol. The van der Waals surface area contributed by atoms with Crippen LogP contribution in [-0.4, -0.2) is 122 Å². The fourth-order valence-electron chi connectivity index (χ4n) is 9.98. The van der Waals surface area contributed by atoms with Crippen molar-refractivity contribution in [3.05, 3.63) is 112 Å². The molecule has 5 amide bonds. The van der Waals surface area contributed by atoms with E-state index in [9.17, 15) is 33.2 Å². The van der Waals surface area contributed by atoms with Gasteiger partial charge in [-0.2, -0.15) is 5.10 Å². The van der Waals surface area contributed by atoms with Gasteiger partial charge >= 0.3 is 5.97 Å². The van der Waals surface area contributed by atoms with Gasteiger partial charge in [0.15, 0.2) is 6.61 Å². The third-order valence-electron chi connectivity index (χ3n) is 13.4. The Balaban J connectivity index is 0.00000693. The minimum atomic E-state index is -1.14. The zero-order valence-corrected chi connectivity index (χ0v) is 40.5. The van der Waals surface area contributed by atoms with Crippen molar-refractivity contribution in [2.45, 2.75) is 78.5 Å². The van der Waals surface area contributed by atoms with Crippen LogP contribution >= 0.6 is 0 Å². The van der Waals surface area contributed by atoms with E-state index in [0.717, 1.165) is 16.0 Å². The summed E-state index contributed by atoms with van der Waals surface area (Å²) < 4.78 is 52.5. The zero-order valence-electron chi connectivity index (χ0n) is 40.5. The van der Waals surface area contributed by atoms with Crippen molar-refractivity contribution in [1.29, 1.82) is 0 Å². The highest BCUT2D eigenvalue weighted by molar-refractivity contribution is 6.24. The van der Waals surface area contributed by atoms with E-state index in [0.29, 0.717) is 95.7 Å². The van der Waals surface area contributed by atoms with Crippen molar-refractivity contribution < 1.29 is 53.2 Å². The number of benzene rings is 4. The molecule has 372 valence electrons. The minimum Gasteiger partial charge on any atom is -0.493 e. The lowest BCUT2D eigenvalue weighted by Crippen LogP contribution is -2.54. The molecule has 16 nitrogen and oxygen atoms in total. The molecule has 2 aromatic heterocycles. The van der Waals surface area contributed by atoms with Crippen LogP contribution in [0.1, 0.15) is 89.6 Å². The van der Waals surface area contributed by atoms with Crippen molar-refractivity contribution in [2.75, 3.05) is 45.9 Å². The molecule has 1 atom stereocenters. The van der Waals surface area contributed by atoms with Crippen molar-refractivity contribution in [2.24, 2.45) is 7.05 Å². The van der Waals surface area contributed by atoms with Gasteiger partial charge in [0.25, 0.3) is 17.7 Å². The highest BCUT2D eigenvalue weighted by Gasteiger charge is 2.46. The summed E-state index contributed by atoms with van der Waals surface area (Å²) in [4.78, 5) is 84.1. The number of nitrogens with one attached hydrogen (secondary N) is 1. The smallest absolute Gasteiger partial charge is 0.355 e. The van der Waals surface area contributed by atoms with Crippen LogP contribution in [0.15, 0.2) is 66.7 Å². The number of imide groups is 2. The average Bonchev–Trinajstić information content (AvgIpc) is 3.88. The molecule has 71 heavy (non-hydrogen) atoms. The van der Waals surface area contributed by atoms with Gasteiger partial charge in [0.1, 0.15) is 40.5 Å². The van der Waals surface area contributed by atoms with Crippen LogP contribution < -0.4 is 14.8 Å². The van der Waals surface area contributed by atoms with E-state index in [-0.39, 0.29) is 56.0 Å². The number of halogens is 2. The van der Waals surface area contributed by atoms with Gasteiger partial charge < -0.3 is 23.7 Å². The molecule has 6 aromatic rings. The quantitative estimate of drug-likeness (QED) is 0.0682. The fraction of sp³-hybridized carbons (Fsp3) is 0.377. The normalized spacial score (nSPS) is 16.5. The second-order valence-corrected chi connectivity index (χ2v) is 19.2. The summed E-state index contributed by atoms with van der Waals surface area (Å²) in [6, 6.07) is 16.5. The van der Waals surface area contributed by atoms with E-state index in [1.54, 1.807) is 49.5 Å². The molecule has 4 aromatic carbocycles. The van der Waals surface area contributed by atoms with E-state index in [4.69, 9.17) is 14.2 Å². The molecule has 0 radical (unpaired) electrons. The second kappa shape index (κ2) is 19.4. The first-order chi connectivity index (χ1) is 33.9. The van der Waals surface area contributed by atoms with Crippen LogP contribution in [0.25, 0.3) is 32.8 Å². The highest BCUT2D eigenvalue weighted by Crippen LogP contribution is 2.41. The molecule has 0 saturated carbocycles. The molecular weight excluding hydrogens is 917 g/mol. The van der Waals surface area contributed by atoms with Gasteiger partial charge in [-0.05, 0) is 113 Å². The predicted molar refractivity (Wildman–Crippen MR) is 260 cm³/mol. The first-order valence-corrected chi connectivity index (χ1v) is 23.8. The van der Waals surface area contributed by atoms with E-state index < -0.39 is 53.7 Å². The number of aromatic nitrogens is 3. The van der Waals surface area contributed by atoms with Crippen LogP contribution in [0.4, 0.5) is 8.78 Å². The molecule has 1 unspecified atom stereocenters. The maximum absolute atomic E-state index is 16.6.